The van der Waals surface area contributed by atoms with Crippen LogP contribution in [0.4, 0.5) is 0 Å². The molecule has 3 aromatic heterocycles. The minimum absolute atomic E-state index is 0.224. The molecule has 0 bridgehead atoms. The lowest BCUT2D eigenvalue weighted by Crippen LogP contribution is -2.19. The Morgan fingerprint density at radius 2 is 1.59 bits per heavy atom. The monoisotopic (exact) mass is 371 g/mol. The molecule has 0 aliphatic heterocycles. The van der Waals surface area contributed by atoms with Gasteiger partial charge in [-0.2, -0.15) is 0 Å². The molecule has 1 aromatic carbocycles. The molecule has 0 aliphatic rings. The van der Waals surface area contributed by atoms with Crippen molar-refractivity contribution >= 4 is 17.2 Å². The number of thiazole rings is 1. The van der Waals surface area contributed by atoms with Gasteiger partial charge in [-0.1, -0.05) is 30.3 Å². The van der Waals surface area contributed by atoms with Gasteiger partial charge in [0.05, 0.1) is 12.2 Å². The Morgan fingerprint density at radius 1 is 0.926 bits per heavy atom. The Morgan fingerprint density at radius 3 is 2.30 bits per heavy atom. The van der Waals surface area contributed by atoms with Crippen LogP contribution in [0, 0.1) is 5.41 Å². The van der Waals surface area contributed by atoms with Crippen molar-refractivity contribution in [3.05, 3.63) is 101 Å². The first-order valence-corrected chi connectivity index (χ1v) is 9.35. The van der Waals surface area contributed by atoms with E-state index in [1.807, 2.05) is 30.3 Å². The Balaban J connectivity index is 1.81. The summed E-state index contributed by atoms with van der Waals surface area (Å²) in [7, 11) is 0. The van der Waals surface area contributed by atoms with Gasteiger partial charge in [-0.25, -0.2) is 4.99 Å². The highest BCUT2D eigenvalue weighted by Gasteiger charge is 2.09. The van der Waals surface area contributed by atoms with Gasteiger partial charge in [-0.05, 0) is 35.4 Å². The molecule has 0 unspecified atom stereocenters. The summed E-state index contributed by atoms with van der Waals surface area (Å²) in [6.45, 7) is 0.665. The van der Waals surface area contributed by atoms with Crippen LogP contribution in [0.15, 0.2) is 89.8 Å². The van der Waals surface area contributed by atoms with Crippen LogP contribution in [0.25, 0.3) is 11.3 Å². The average molecular weight is 371 g/mol. The van der Waals surface area contributed by atoms with Crippen LogP contribution in [0.1, 0.15) is 11.1 Å². The molecular formula is C21H17N5S. The van der Waals surface area contributed by atoms with Gasteiger partial charge in [0, 0.05) is 35.7 Å². The van der Waals surface area contributed by atoms with Crippen LogP contribution in [-0.4, -0.2) is 20.4 Å². The molecule has 0 saturated heterocycles. The van der Waals surface area contributed by atoms with Crippen molar-refractivity contribution in [1.29, 1.82) is 5.41 Å². The summed E-state index contributed by atoms with van der Waals surface area (Å²) in [5, 5.41) is 10.4. The van der Waals surface area contributed by atoms with Crippen molar-refractivity contribution < 1.29 is 0 Å². The molecule has 0 atom stereocenters. The van der Waals surface area contributed by atoms with Gasteiger partial charge in [0.25, 0.3) is 0 Å². The molecule has 0 radical (unpaired) electrons. The molecule has 27 heavy (non-hydrogen) atoms. The van der Waals surface area contributed by atoms with Crippen molar-refractivity contribution in [2.75, 3.05) is 0 Å². The van der Waals surface area contributed by atoms with Crippen molar-refractivity contribution in [1.82, 2.24) is 14.5 Å². The van der Waals surface area contributed by atoms with E-state index < -0.39 is 0 Å². The number of nitrogens with zero attached hydrogens (tertiary/aromatic N) is 4. The standard InChI is InChI=1S/C21H17N5S/c22-20(18-8-12-24-13-9-18)25-21-26(14-16-6-10-23-11-7-16)19(15-27-21)17-4-2-1-3-5-17/h1-13,15,22H,14H2. The quantitative estimate of drug-likeness (QED) is 0.435. The number of amidine groups is 1. The third-order valence-electron chi connectivity index (χ3n) is 4.12. The van der Waals surface area contributed by atoms with Crippen LogP contribution in [-0.2, 0) is 6.54 Å². The molecule has 0 amide bonds. The lowest BCUT2D eigenvalue weighted by Gasteiger charge is -2.09. The second-order valence-corrected chi connectivity index (χ2v) is 6.74. The summed E-state index contributed by atoms with van der Waals surface area (Å²) in [6, 6.07) is 17.8. The fourth-order valence-electron chi connectivity index (χ4n) is 2.75. The third kappa shape index (κ3) is 3.91. The maximum Gasteiger partial charge on any atom is 0.192 e. The number of aromatic nitrogens is 3. The van der Waals surface area contributed by atoms with E-state index in [2.05, 4.69) is 37.0 Å². The fraction of sp³-hybridized carbons (Fsp3) is 0.0476. The molecule has 4 rings (SSSR count). The zero-order valence-electron chi connectivity index (χ0n) is 14.5. The van der Waals surface area contributed by atoms with Crippen molar-refractivity contribution in [2.45, 2.75) is 6.54 Å². The third-order valence-corrected chi connectivity index (χ3v) is 4.98. The Bertz CT molecular complexity index is 1100. The molecule has 3 heterocycles. The molecule has 0 aliphatic carbocycles. The lowest BCUT2D eigenvalue weighted by atomic mass is 10.1. The van der Waals surface area contributed by atoms with Crippen LogP contribution in [0.2, 0.25) is 0 Å². The van der Waals surface area contributed by atoms with Crippen LogP contribution in [0.3, 0.4) is 0 Å². The van der Waals surface area contributed by atoms with E-state index in [1.165, 1.54) is 11.3 Å². The molecule has 5 nitrogen and oxygen atoms in total. The van der Waals surface area contributed by atoms with Gasteiger partial charge in [0.2, 0.25) is 0 Å². The van der Waals surface area contributed by atoms with Crippen LogP contribution < -0.4 is 4.80 Å². The molecule has 132 valence electrons. The fourth-order valence-corrected chi connectivity index (χ4v) is 3.67. The van der Waals surface area contributed by atoms with E-state index in [0.29, 0.717) is 6.54 Å². The largest absolute Gasteiger partial charge is 0.312 e. The van der Waals surface area contributed by atoms with Gasteiger partial charge in [0.15, 0.2) is 10.6 Å². The summed E-state index contributed by atoms with van der Waals surface area (Å²) in [6.07, 6.45) is 6.93. The summed E-state index contributed by atoms with van der Waals surface area (Å²) < 4.78 is 2.14. The molecule has 6 heteroatoms. The van der Waals surface area contributed by atoms with E-state index >= 15 is 0 Å². The number of rotatable bonds is 4. The Kier molecular flexibility index (Phi) is 4.98. The SMILES string of the molecule is N=C(N=c1scc(-c2ccccc2)n1Cc1ccncc1)c1ccncc1. The maximum atomic E-state index is 8.35. The highest BCUT2D eigenvalue weighted by molar-refractivity contribution is 7.07. The molecule has 1 N–H and O–H groups in total. The number of benzene rings is 1. The van der Waals surface area contributed by atoms with E-state index in [0.717, 1.165) is 27.2 Å². The highest BCUT2D eigenvalue weighted by atomic mass is 32.1. The number of hydrogen-bond donors (Lipinski definition) is 1. The van der Waals surface area contributed by atoms with E-state index in [-0.39, 0.29) is 5.84 Å². The van der Waals surface area contributed by atoms with Crippen LogP contribution >= 0.6 is 11.3 Å². The van der Waals surface area contributed by atoms with E-state index in [9.17, 15) is 0 Å². The molecule has 0 saturated carbocycles. The Labute approximate surface area is 160 Å². The number of hydrogen-bond acceptors (Lipinski definition) is 4. The van der Waals surface area contributed by atoms with E-state index in [4.69, 9.17) is 5.41 Å². The highest BCUT2D eigenvalue weighted by Crippen LogP contribution is 2.20. The summed E-state index contributed by atoms with van der Waals surface area (Å²) in [5.74, 6) is 0.224. The van der Waals surface area contributed by atoms with E-state index in [1.54, 1.807) is 36.9 Å². The van der Waals surface area contributed by atoms with Gasteiger partial charge in [-0.15, -0.1) is 11.3 Å². The zero-order valence-corrected chi connectivity index (χ0v) is 15.3. The molecule has 4 aromatic rings. The normalized spacial score (nSPS) is 11.5. The topological polar surface area (TPSA) is 66.9 Å². The predicted molar refractivity (Wildman–Crippen MR) is 108 cm³/mol. The van der Waals surface area contributed by atoms with Gasteiger partial charge < -0.3 is 4.57 Å². The summed E-state index contributed by atoms with van der Waals surface area (Å²) in [5.41, 5.74) is 4.09. The minimum Gasteiger partial charge on any atom is -0.312 e. The second kappa shape index (κ2) is 7.88. The molecule has 0 fully saturated rings. The first-order chi connectivity index (χ1) is 13.3. The average Bonchev–Trinajstić information content (AvgIpc) is 3.12. The Hall–Kier alpha value is -3.38. The second-order valence-electron chi connectivity index (χ2n) is 5.91. The van der Waals surface area contributed by atoms with Crippen molar-refractivity contribution in [3.63, 3.8) is 0 Å². The van der Waals surface area contributed by atoms with Crippen LogP contribution in [0.5, 0.6) is 0 Å². The molecule has 0 spiro atoms. The lowest BCUT2D eigenvalue weighted by molar-refractivity contribution is 0.778. The number of nitrogens with one attached hydrogen (secondary N) is 1. The zero-order chi connectivity index (χ0) is 18.5. The summed E-state index contributed by atoms with van der Waals surface area (Å²) in [4.78, 5) is 13.5. The first-order valence-electron chi connectivity index (χ1n) is 8.47. The predicted octanol–water partition coefficient (Wildman–Crippen LogP) is 3.98. The molecular weight excluding hydrogens is 354 g/mol. The van der Waals surface area contributed by atoms with Gasteiger partial charge in [-0.3, -0.25) is 15.4 Å². The first kappa shape index (κ1) is 17.1. The van der Waals surface area contributed by atoms with Gasteiger partial charge >= 0.3 is 0 Å². The number of pyridine rings is 2. The van der Waals surface area contributed by atoms with Gasteiger partial charge in [0.1, 0.15) is 0 Å². The van der Waals surface area contributed by atoms with Crippen molar-refractivity contribution in [3.8, 4) is 11.3 Å². The summed E-state index contributed by atoms with van der Waals surface area (Å²) >= 11 is 1.54. The maximum absolute atomic E-state index is 8.35. The minimum atomic E-state index is 0.224. The van der Waals surface area contributed by atoms with Crippen molar-refractivity contribution in [2.24, 2.45) is 4.99 Å². The smallest absolute Gasteiger partial charge is 0.192 e.